The van der Waals surface area contributed by atoms with Crippen LogP contribution in [-0.2, 0) is 6.54 Å². The molecule has 1 aliphatic heterocycles. The van der Waals surface area contributed by atoms with Crippen molar-refractivity contribution in [2.45, 2.75) is 32.4 Å². The Hall–Kier alpha value is -2.76. The molecule has 144 valence electrons. The Morgan fingerprint density at radius 3 is 2.74 bits per heavy atom. The second-order valence-electron chi connectivity index (χ2n) is 6.98. The average molecular weight is 370 g/mol. The Kier molecular flexibility index (Phi) is 6.16. The van der Waals surface area contributed by atoms with E-state index in [1.807, 2.05) is 0 Å². The fourth-order valence-electron chi connectivity index (χ4n) is 3.32. The first-order valence-corrected chi connectivity index (χ1v) is 9.31. The van der Waals surface area contributed by atoms with E-state index in [-0.39, 0.29) is 5.75 Å². The number of benzene rings is 2. The van der Waals surface area contributed by atoms with Crippen molar-refractivity contribution in [1.29, 1.82) is 0 Å². The van der Waals surface area contributed by atoms with Gasteiger partial charge in [0.1, 0.15) is 0 Å². The largest absolute Gasteiger partial charge is 0.505 e. The van der Waals surface area contributed by atoms with Crippen molar-refractivity contribution in [3.8, 4) is 5.75 Å². The first-order valence-electron chi connectivity index (χ1n) is 9.31. The van der Waals surface area contributed by atoms with Crippen LogP contribution in [0.5, 0.6) is 5.75 Å². The van der Waals surface area contributed by atoms with Crippen LogP contribution in [0.4, 0.5) is 10.1 Å². The maximum absolute atomic E-state index is 13.5. The van der Waals surface area contributed by atoms with Gasteiger partial charge in [0.15, 0.2) is 17.5 Å². The SMILES string of the molecule is CN=C(NCc1ccc(O)c(F)c1)NC1CCCN(c2ccc(C)cc2)C1. The lowest BCUT2D eigenvalue weighted by atomic mass is 10.0. The van der Waals surface area contributed by atoms with Gasteiger partial charge in [-0.3, -0.25) is 4.99 Å². The summed E-state index contributed by atoms with van der Waals surface area (Å²) in [5.74, 6) is -0.253. The Morgan fingerprint density at radius 1 is 1.26 bits per heavy atom. The number of guanidine groups is 1. The van der Waals surface area contributed by atoms with Gasteiger partial charge in [-0.1, -0.05) is 23.8 Å². The summed E-state index contributed by atoms with van der Waals surface area (Å²) in [4.78, 5) is 6.67. The number of nitrogens with zero attached hydrogens (tertiary/aromatic N) is 2. The molecular formula is C21H27FN4O. The summed E-state index contributed by atoms with van der Waals surface area (Å²) >= 11 is 0. The van der Waals surface area contributed by atoms with E-state index in [4.69, 9.17) is 0 Å². The van der Waals surface area contributed by atoms with Crippen LogP contribution in [0.3, 0.4) is 0 Å². The number of anilines is 1. The highest BCUT2D eigenvalue weighted by atomic mass is 19.1. The number of piperidine rings is 1. The van der Waals surface area contributed by atoms with Gasteiger partial charge in [0, 0.05) is 38.4 Å². The smallest absolute Gasteiger partial charge is 0.191 e. The third kappa shape index (κ3) is 5.12. The summed E-state index contributed by atoms with van der Waals surface area (Å²) in [6.45, 7) is 4.50. The molecule has 3 N–H and O–H groups in total. The van der Waals surface area contributed by atoms with Gasteiger partial charge in [-0.25, -0.2) is 4.39 Å². The molecule has 0 radical (unpaired) electrons. The first-order chi connectivity index (χ1) is 13.0. The summed E-state index contributed by atoms with van der Waals surface area (Å²) in [6.07, 6.45) is 2.20. The molecule has 2 aromatic rings. The second-order valence-corrected chi connectivity index (χ2v) is 6.98. The van der Waals surface area contributed by atoms with Crippen LogP contribution in [0.2, 0.25) is 0 Å². The summed E-state index contributed by atoms with van der Waals surface area (Å²) < 4.78 is 13.5. The van der Waals surface area contributed by atoms with Crippen molar-refractivity contribution in [1.82, 2.24) is 10.6 Å². The Balaban J connectivity index is 1.55. The monoisotopic (exact) mass is 370 g/mol. The fourth-order valence-corrected chi connectivity index (χ4v) is 3.32. The number of rotatable bonds is 4. The minimum Gasteiger partial charge on any atom is -0.505 e. The van der Waals surface area contributed by atoms with Crippen LogP contribution >= 0.6 is 0 Å². The predicted molar refractivity (Wildman–Crippen MR) is 108 cm³/mol. The normalized spacial score (nSPS) is 17.7. The van der Waals surface area contributed by atoms with E-state index in [1.54, 1.807) is 13.1 Å². The molecule has 1 heterocycles. The molecule has 0 aromatic heterocycles. The number of hydrogen-bond donors (Lipinski definition) is 3. The molecule has 6 heteroatoms. The highest BCUT2D eigenvalue weighted by molar-refractivity contribution is 5.80. The van der Waals surface area contributed by atoms with Gasteiger partial charge < -0.3 is 20.6 Å². The lowest BCUT2D eigenvalue weighted by Crippen LogP contribution is -2.51. The molecule has 0 bridgehead atoms. The van der Waals surface area contributed by atoms with Crippen LogP contribution in [0.25, 0.3) is 0 Å². The number of nitrogens with one attached hydrogen (secondary N) is 2. The standard InChI is InChI=1S/C21H27FN4O/c1-15-5-8-18(9-6-15)26-11-3-4-17(14-26)25-21(23-2)24-13-16-7-10-20(27)19(22)12-16/h5-10,12,17,27H,3-4,11,13-14H2,1-2H3,(H2,23,24,25). The molecule has 1 aliphatic rings. The zero-order valence-corrected chi connectivity index (χ0v) is 15.9. The highest BCUT2D eigenvalue weighted by Crippen LogP contribution is 2.20. The quantitative estimate of drug-likeness (QED) is 0.572. The molecule has 1 saturated heterocycles. The Morgan fingerprint density at radius 2 is 2.04 bits per heavy atom. The van der Waals surface area contributed by atoms with Crippen molar-refractivity contribution in [2.24, 2.45) is 4.99 Å². The fraction of sp³-hybridized carbons (Fsp3) is 0.381. The average Bonchev–Trinajstić information content (AvgIpc) is 2.68. The topological polar surface area (TPSA) is 59.9 Å². The number of aryl methyl sites for hydroxylation is 1. The number of hydrogen-bond acceptors (Lipinski definition) is 3. The lowest BCUT2D eigenvalue weighted by Gasteiger charge is -2.35. The molecule has 0 aliphatic carbocycles. The van der Waals surface area contributed by atoms with E-state index in [0.29, 0.717) is 18.5 Å². The van der Waals surface area contributed by atoms with Gasteiger partial charge in [-0.05, 0) is 49.6 Å². The Bertz CT molecular complexity index is 791. The van der Waals surface area contributed by atoms with Gasteiger partial charge in [-0.2, -0.15) is 0 Å². The van der Waals surface area contributed by atoms with Crippen LogP contribution < -0.4 is 15.5 Å². The molecule has 0 amide bonds. The van der Waals surface area contributed by atoms with E-state index in [9.17, 15) is 9.50 Å². The van der Waals surface area contributed by atoms with Crippen molar-refractivity contribution >= 4 is 11.6 Å². The number of phenolic OH excluding ortho intramolecular Hbond substituents is 1. The number of aromatic hydroxyl groups is 1. The minimum atomic E-state index is -0.613. The van der Waals surface area contributed by atoms with E-state index in [2.05, 4.69) is 51.7 Å². The molecule has 0 saturated carbocycles. The Labute approximate surface area is 159 Å². The van der Waals surface area contributed by atoms with Crippen molar-refractivity contribution in [3.05, 3.63) is 59.4 Å². The minimum absolute atomic E-state index is 0.294. The van der Waals surface area contributed by atoms with Gasteiger partial charge in [0.2, 0.25) is 0 Å². The second kappa shape index (κ2) is 8.75. The molecule has 5 nitrogen and oxygen atoms in total. The van der Waals surface area contributed by atoms with Gasteiger partial charge in [0.05, 0.1) is 0 Å². The molecule has 0 spiro atoms. The van der Waals surface area contributed by atoms with Gasteiger partial charge in [0.25, 0.3) is 0 Å². The van der Waals surface area contributed by atoms with Crippen LogP contribution in [0.1, 0.15) is 24.0 Å². The van der Waals surface area contributed by atoms with Crippen molar-refractivity contribution in [2.75, 3.05) is 25.0 Å². The van der Waals surface area contributed by atoms with E-state index < -0.39 is 5.82 Å². The predicted octanol–water partition coefficient (Wildman–Crippen LogP) is 3.17. The number of halogens is 1. The molecule has 3 rings (SSSR count). The third-order valence-corrected chi connectivity index (χ3v) is 4.86. The third-order valence-electron chi connectivity index (χ3n) is 4.86. The maximum Gasteiger partial charge on any atom is 0.191 e. The summed E-state index contributed by atoms with van der Waals surface area (Å²) in [6, 6.07) is 13.3. The zero-order valence-electron chi connectivity index (χ0n) is 15.9. The van der Waals surface area contributed by atoms with Crippen LogP contribution in [-0.4, -0.2) is 37.2 Å². The number of aliphatic imine (C=N–C) groups is 1. The van der Waals surface area contributed by atoms with Gasteiger partial charge >= 0.3 is 0 Å². The molecular weight excluding hydrogens is 343 g/mol. The first kappa shape index (κ1) is 19.0. The molecule has 1 atom stereocenters. The molecule has 27 heavy (non-hydrogen) atoms. The van der Waals surface area contributed by atoms with Crippen LogP contribution in [0, 0.1) is 12.7 Å². The van der Waals surface area contributed by atoms with E-state index in [1.165, 1.54) is 23.4 Å². The molecule has 1 fully saturated rings. The molecule has 1 unspecified atom stereocenters. The summed E-state index contributed by atoms with van der Waals surface area (Å²) in [5.41, 5.74) is 3.26. The van der Waals surface area contributed by atoms with Crippen LogP contribution in [0.15, 0.2) is 47.5 Å². The summed E-state index contributed by atoms with van der Waals surface area (Å²) in [7, 11) is 1.73. The van der Waals surface area contributed by atoms with Crippen molar-refractivity contribution in [3.63, 3.8) is 0 Å². The maximum atomic E-state index is 13.5. The van der Waals surface area contributed by atoms with E-state index in [0.717, 1.165) is 31.5 Å². The molecule has 2 aromatic carbocycles. The van der Waals surface area contributed by atoms with Crippen molar-refractivity contribution < 1.29 is 9.50 Å². The van der Waals surface area contributed by atoms with E-state index >= 15 is 0 Å². The zero-order chi connectivity index (χ0) is 19.2. The number of phenols is 1. The lowest BCUT2D eigenvalue weighted by molar-refractivity contribution is 0.431. The highest BCUT2D eigenvalue weighted by Gasteiger charge is 2.21. The van der Waals surface area contributed by atoms with Gasteiger partial charge in [-0.15, -0.1) is 0 Å². The summed E-state index contributed by atoms with van der Waals surface area (Å²) in [5, 5.41) is 16.0.